The Morgan fingerprint density at radius 2 is 2.12 bits per heavy atom. The number of nitrogens with two attached hydrogens (primary N) is 1. The van der Waals surface area contributed by atoms with Gasteiger partial charge in [0.25, 0.3) is 0 Å². The van der Waals surface area contributed by atoms with Crippen molar-refractivity contribution in [1.29, 1.82) is 0 Å². The van der Waals surface area contributed by atoms with Gasteiger partial charge in [-0.05, 0) is 24.1 Å². The van der Waals surface area contributed by atoms with Gasteiger partial charge in [0.05, 0.1) is 5.52 Å². The first-order valence-corrected chi connectivity index (χ1v) is 5.66. The van der Waals surface area contributed by atoms with Gasteiger partial charge in [-0.3, -0.25) is 16.3 Å². The summed E-state index contributed by atoms with van der Waals surface area (Å²) in [7, 11) is 0. The predicted molar refractivity (Wildman–Crippen MR) is 66.7 cm³/mol. The molecule has 1 atom stereocenters. The van der Waals surface area contributed by atoms with Crippen LogP contribution in [0.4, 0.5) is 0 Å². The molecule has 0 fully saturated rings. The fraction of sp³-hybridized carbons (Fsp3) is 0.308. The molecule has 1 aromatic heterocycles. The van der Waals surface area contributed by atoms with Gasteiger partial charge in [0.2, 0.25) is 0 Å². The van der Waals surface area contributed by atoms with Crippen LogP contribution in [0.15, 0.2) is 36.5 Å². The van der Waals surface area contributed by atoms with Gasteiger partial charge in [-0.2, -0.15) is 0 Å². The summed E-state index contributed by atoms with van der Waals surface area (Å²) in [5.41, 5.74) is 5.14. The highest BCUT2D eigenvalue weighted by Crippen LogP contribution is 2.24. The van der Waals surface area contributed by atoms with Crippen LogP contribution in [-0.2, 0) is 0 Å². The molecular formula is C13H17N3. The molecule has 3 heteroatoms. The number of hydrogen-bond acceptors (Lipinski definition) is 3. The van der Waals surface area contributed by atoms with Crippen LogP contribution in [0, 0.1) is 0 Å². The van der Waals surface area contributed by atoms with Gasteiger partial charge in [0.1, 0.15) is 0 Å². The smallest absolute Gasteiger partial charge is 0.0705 e. The maximum absolute atomic E-state index is 5.61. The molecule has 3 nitrogen and oxygen atoms in total. The van der Waals surface area contributed by atoms with E-state index in [1.165, 1.54) is 10.9 Å². The Kier molecular flexibility index (Phi) is 3.49. The Balaban J connectivity index is 2.50. The van der Waals surface area contributed by atoms with Crippen LogP contribution in [0.1, 0.15) is 31.4 Å². The van der Waals surface area contributed by atoms with Gasteiger partial charge in [-0.25, -0.2) is 0 Å². The van der Waals surface area contributed by atoms with Gasteiger partial charge < -0.3 is 0 Å². The minimum Gasteiger partial charge on any atom is -0.271 e. The first-order chi connectivity index (χ1) is 7.86. The van der Waals surface area contributed by atoms with E-state index >= 15 is 0 Å². The van der Waals surface area contributed by atoms with Crippen molar-refractivity contribution in [3.63, 3.8) is 0 Å². The average molecular weight is 215 g/mol. The minimum atomic E-state index is 0.206. The second kappa shape index (κ2) is 5.05. The number of fused-ring (bicyclic) bond motifs is 1. The number of para-hydroxylation sites is 1. The van der Waals surface area contributed by atoms with Crippen LogP contribution in [0.5, 0.6) is 0 Å². The third kappa shape index (κ3) is 2.05. The van der Waals surface area contributed by atoms with E-state index in [9.17, 15) is 0 Å². The van der Waals surface area contributed by atoms with Crippen molar-refractivity contribution in [2.24, 2.45) is 5.84 Å². The number of benzene rings is 1. The maximum atomic E-state index is 5.61. The van der Waals surface area contributed by atoms with E-state index in [2.05, 4.69) is 23.4 Å². The Morgan fingerprint density at radius 1 is 1.31 bits per heavy atom. The largest absolute Gasteiger partial charge is 0.271 e. The van der Waals surface area contributed by atoms with Gasteiger partial charge in [0.15, 0.2) is 0 Å². The number of pyridine rings is 1. The molecular weight excluding hydrogens is 198 g/mol. The standard InChI is InChI=1S/C13H17N3/c1-2-5-13(16-14)11-8-9-15-12-7-4-3-6-10(11)12/h3-4,6-9,13,16H,2,5,14H2,1H3. The lowest BCUT2D eigenvalue weighted by Gasteiger charge is -2.17. The number of nitrogens with one attached hydrogen (secondary N) is 1. The zero-order valence-corrected chi connectivity index (χ0v) is 9.48. The van der Waals surface area contributed by atoms with Crippen LogP contribution >= 0.6 is 0 Å². The average Bonchev–Trinajstić information content (AvgIpc) is 2.35. The second-order valence-corrected chi connectivity index (χ2v) is 3.93. The van der Waals surface area contributed by atoms with E-state index < -0.39 is 0 Å². The van der Waals surface area contributed by atoms with Gasteiger partial charge >= 0.3 is 0 Å². The van der Waals surface area contributed by atoms with Crippen LogP contribution in [0.3, 0.4) is 0 Å². The predicted octanol–water partition coefficient (Wildman–Crippen LogP) is 2.54. The Bertz CT molecular complexity index is 462. The molecule has 1 unspecified atom stereocenters. The molecule has 0 saturated heterocycles. The van der Waals surface area contributed by atoms with E-state index in [1.807, 2.05) is 30.5 Å². The normalized spacial score (nSPS) is 12.9. The second-order valence-electron chi connectivity index (χ2n) is 3.93. The molecule has 1 heterocycles. The molecule has 84 valence electrons. The summed E-state index contributed by atoms with van der Waals surface area (Å²) in [5.74, 6) is 5.61. The van der Waals surface area contributed by atoms with Crippen molar-refractivity contribution >= 4 is 10.9 Å². The maximum Gasteiger partial charge on any atom is 0.0705 e. The number of hydrazine groups is 1. The van der Waals surface area contributed by atoms with Crippen molar-refractivity contribution in [1.82, 2.24) is 10.4 Å². The molecule has 0 radical (unpaired) electrons. The Hall–Kier alpha value is -1.45. The lowest BCUT2D eigenvalue weighted by molar-refractivity contribution is 0.513. The first kappa shape index (κ1) is 11.0. The fourth-order valence-corrected chi connectivity index (χ4v) is 2.04. The summed E-state index contributed by atoms with van der Waals surface area (Å²) in [5, 5.41) is 1.18. The molecule has 2 rings (SSSR count). The molecule has 3 N–H and O–H groups in total. The van der Waals surface area contributed by atoms with Crippen molar-refractivity contribution in [2.45, 2.75) is 25.8 Å². The molecule has 0 saturated carbocycles. The zero-order chi connectivity index (χ0) is 11.4. The minimum absolute atomic E-state index is 0.206. The molecule has 1 aromatic carbocycles. The molecule has 0 aliphatic heterocycles. The number of aromatic nitrogens is 1. The van der Waals surface area contributed by atoms with Crippen LogP contribution < -0.4 is 11.3 Å². The molecule has 0 amide bonds. The third-order valence-electron chi connectivity index (χ3n) is 2.84. The molecule has 16 heavy (non-hydrogen) atoms. The quantitative estimate of drug-likeness (QED) is 0.608. The SMILES string of the molecule is CCCC(NN)c1ccnc2ccccc12. The van der Waals surface area contributed by atoms with E-state index in [4.69, 9.17) is 5.84 Å². The summed E-state index contributed by atoms with van der Waals surface area (Å²) in [4.78, 5) is 4.35. The third-order valence-corrected chi connectivity index (χ3v) is 2.84. The van der Waals surface area contributed by atoms with Crippen LogP contribution in [-0.4, -0.2) is 4.98 Å². The lowest BCUT2D eigenvalue weighted by Crippen LogP contribution is -2.28. The van der Waals surface area contributed by atoms with Gasteiger partial charge in [0, 0.05) is 17.6 Å². The molecule has 0 aliphatic carbocycles. The van der Waals surface area contributed by atoms with Crippen molar-refractivity contribution in [2.75, 3.05) is 0 Å². The Morgan fingerprint density at radius 3 is 2.88 bits per heavy atom. The first-order valence-electron chi connectivity index (χ1n) is 5.66. The van der Waals surface area contributed by atoms with E-state index in [0.29, 0.717) is 0 Å². The van der Waals surface area contributed by atoms with Crippen molar-refractivity contribution in [3.05, 3.63) is 42.1 Å². The fourth-order valence-electron chi connectivity index (χ4n) is 2.04. The van der Waals surface area contributed by atoms with Crippen molar-refractivity contribution in [3.8, 4) is 0 Å². The topological polar surface area (TPSA) is 50.9 Å². The van der Waals surface area contributed by atoms with E-state index in [1.54, 1.807) is 0 Å². The number of hydrogen-bond donors (Lipinski definition) is 2. The highest BCUT2D eigenvalue weighted by molar-refractivity contribution is 5.82. The summed E-state index contributed by atoms with van der Waals surface area (Å²) in [6.07, 6.45) is 3.98. The summed E-state index contributed by atoms with van der Waals surface area (Å²) >= 11 is 0. The molecule has 0 bridgehead atoms. The van der Waals surface area contributed by atoms with E-state index in [0.717, 1.165) is 18.4 Å². The van der Waals surface area contributed by atoms with Gasteiger partial charge in [-0.15, -0.1) is 0 Å². The van der Waals surface area contributed by atoms with Crippen LogP contribution in [0.25, 0.3) is 10.9 Å². The van der Waals surface area contributed by atoms with Crippen LogP contribution in [0.2, 0.25) is 0 Å². The summed E-state index contributed by atoms with van der Waals surface area (Å²) in [6.45, 7) is 2.16. The molecule has 0 spiro atoms. The summed E-state index contributed by atoms with van der Waals surface area (Å²) < 4.78 is 0. The Labute approximate surface area is 95.7 Å². The van der Waals surface area contributed by atoms with Gasteiger partial charge in [-0.1, -0.05) is 31.5 Å². The summed E-state index contributed by atoms with van der Waals surface area (Å²) in [6, 6.07) is 10.4. The highest BCUT2D eigenvalue weighted by atomic mass is 15.2. The highest BCUT2D eigenvalue weighted by Gasteiger charge is 2.11. The van der Waals surface area contributed by atoms with E-state index in [-0.39, 0.29) is 6.04 Å². The molecule has 0 aliphatic rings. The number of nitrogens with zero attached hydrogens (tertiary/aromatic N) is 1. The van der Waals surface area contributed by atoms with Crippen molar-refractivity contribution < 1.29 is 0 Å². The lowest BCUT2D eigenvalue weighted by atomic mass is 9.99. The monoisotopic (exact) mass is 215 g/mol. The zero-order valence-electron chi connectivity index (χ0n) is 9.48. The number of rotatable bonds is 4. The molecule has 2 aromatic rings.